The van der Waals surface area contributed by atoms with Gasteiger partial charge in [0.05, 0.1) is 41.6 Å². The molecule has 1 aromatic rings. The van der Waals surface area contributed by atoms with E-state index in [9.17, 15) is 30.2 Å². The number of carbonyl (C=O) groups is 1. The third kappa shape index (κ3) is 6.09. The summed E-state index contributed by atoms with van der Waals surface area (Å²) in [6, 6.07) is 1.77. The highest BCUT2D eigenvalue weighted by atomic mass is 16.7. The number of hydrogen-bond donors (Lipinski definition) is 2. The van der Waals surface area contributed by atoms with Crippen molar-refractivity contribution in [3.8, 4) is 5.75 Å². The summed E-state index contributed by atoms with van der Waals surface area (Å²) in [4.78, 5) is 40.1. The van der Waals surface area contributed by atoms with Crippen molar-refractivity contribution in [3.05, 3.63) is 37.6 Å². The maximum Gasteiger partial charge on any atom is 0.321 e. The number of piperazine rings is 1. The van der Waals surface area contributed by atoms with Gasteiger partial charge in [0.25, 0.3) is 5.69 Å². The highest BCUT2D eigenvalue weighted by Gasteiger charge is 2.31. The summed E-state index contributed by atoms with van der Waals surface area (Å²) < 4.78 is 0. The minimum atomic E-state index is -1.000. The largest absolute Gasteiger partial charge is 0.569 e. The van der Waals surface area contributed by atoms with Crippen molar-refractivity contribution in [2.45, 2.75) is 0 Å². The van der Waals surface area contributed by atoms with Gasteiger partial charge in [-0.3, -0.25) is 34.8 Å². The first-order valence-corrected chi connectivity index (χ1v) is 8.97. The lowest BCUT2D eigenvalue weighted by Crippen LogP contribution is -2.48. The monoisotopic (exact) mass is 443 g/mol. The molecule has 1 aromatic carbocycles. The summed E-state index contributed by atoms with van der Waals surface area (Å²) in [6.07, 6.45) is 0. The molecule has 31 heavy (non-hydrogen) atoms. The van der Waals surface area contributed by atoms with Crippen LogP contribution in [0.1, 0.15) is 0 Å². The Morgan fingerprint density at radius 2 is 1.77 bits per heavy atom. The minimum Gasteiger partial charge on any atom is -0.569 e. The molecule has 1 saturated heterocycles. The van der Waals surface area contributed by atoms with E-state index in [0.717, 1.165) is 17.1 Å². The molecule has 1 aliphatic rings. The van der Waals surface area contributed by atoms with Crippen LogP contribution in [-0.4, -0.2) is 93.8 Å². The molecular weight excluding hydrogens is 422 g/mol. The van der Waals surface area contributed by atoms with E-state index in [1.165, 1.54) is 7.05 Å². The summed E-state index contributed by atoms with van der Waals surface area (Å²) >= 11 is 0. The van der Waals surface area contributed by atoms with E-state index >= 15 is 0 Å². The van der Waals surface area contributed by atoms with Crippen molar-refractivity contribution in [1.29, 1.82) is 0 Å². The number of rotatable bonds is 10. The number of nitro groups is 2. The van der Waals surface area contributed by atoms with E-state index in [2.05, 4.69) is 5.28 Å². The zero-order valence-electron chi connectivity index (χ0n) is 16.5. The maximum absolute atomic E-state index is 11.8. The topological polar surface area (TPSA) is 201 Å². The standard InChI is InChI=1S/C15H21N7O9/c1-17(6-7-23)22(30)16-31-14-9-11(12(20(26)27)8-13(14)21(28)29)19-4-2-18(3-5-19)10-15(24)25/h8-9,23H,2-7,10H2,1H3,(H,24,25)/b22-16+. The molecule has 0 atom stereocenters. The van der Waals surface area contributed by atoms with Crippen molar-refractivity contribution >= 4 is 23.0 Å². The van der Waals surface area contributed by atoms with Crippen LogP contribution >= 0.6 is 0 Å². The molecule has 0 bridgehead atoms. The van der Waals surface area contributed by atoms with Crippen LogP contribution in [0.2, 0.25) is 0 Å². The molecule has 2 N–H and O–H groups in total. The Morgan fingerprint density at radius 3 is 2.29 bits per heavy atom. The van der Waals surface area contributed by atoms with Crippen LogP contribution in [0, 0.1) is 25.4 Å². The van der Waals surface area contributed by atoms with Gasteiger partial charge in [0.15, 0.2) is 0 Å². The molecule has 170 valence electrons. The first-order chi connectivity index (χ1) is 14.6. The summed E-state index contributed by atoms with van der Waals surface area (Å²) in [5.41, 5.74) is -1.29. The number of aliphatic hydroxyl groups is 1. The third-order valence-corrected chi connectivity index (χ3v) is 4.45. The number of aliphatic hydroxyl groups excluding tert-OH is 1. The molecule has 0 spiro atoms. The molecule has 0 aromatic heterocycles. The van der Waals surface area contributed by atoms with Crippen LogP contribution in [-0.2, 0) is 4.79 Å². The van der Waals surface area contributed by atoms with Gasteiger partial charge in [-0.2, -0.15) is 0 Å². The number of anilines is 1. The number of likely N-dealkylation sites (N-methyl/N-ethyl adjacent to an activating group) is 1. The first-order valence-electron chi connectivity index (χ1n) is 8.97. The smallest absolute Gasteiger partial charge is 0.321 e. The van der Waals surface area contributed by atoms with Gasteiger partial charge >= 0.3 is 11.7 Å². The van der Waals surface area contributed by atoms with Crippen molar-refractivity contribution < 1.29 is 34.7 Å². The summed E-state index contributed by atoms with van der Waals surface area (Å²) in [6.45, 7) is 0.475. The number of carboxylic acid groups (broad SMARTS) is 1. The van der Waals surface area contributed by atoms with Crippen LogP contribution in [0.5, 0.6) is 5.75 Å². The zero-order valence-corrected chi connectivity index (χ0v) is 16.5. The lowest BCUT2D eigenvalue weighted by molar-refractivity contribution is -0.701. The summed E-state index contributed by atoms with van der Waals surface area (Å²) in [7, 11) is 1.29. The molecule has 2 rings (SSSR count). The van der Waals surface area contributed by atoms with E-state index in [1.807, 2.05) is 0 Å². The highest BCUT2D eigenvalue weighted by Crippen LogP contribution is 2.40. The third-order valence-electron chi connectivity index (χ3n) is 4.45. The molecule has 16 nitrogen and oxygen atoms in total. The van der Waals surface area contributed by atoms with Crippen molar-refractivity contribution in [2.24, 2.45) is 5.28 Å². The van der Waals surface area contributed by atoms with Gasteiger partial charge in [0, 0.05) is 32.2 Å². The Balaban J connectivity index is 2.36. The Bertz CT molecular complexity index is 871. The molecule has 0 aliphatic carbocycles. The zero-order chi connectivity index (χ0) is 23.1. The Kier molecular flexibility index (Phi) is 7.81. The second-order valence-electron chi connectivity index (χ2n) is 6.51. The molecule has 0 unspecified atom stereocenters. The number of hydrogen-bond acceptors (Lipinski definition) is 11. The quantitative estimate of drug-likeness (QED) is 0.209. The van der Waals surface area contributed by atoms with Crippen LogP contribution < -0.4 is 9.74 Å². The van der Waals surface area contributed by atoms with E-state index in [4.69, 9.17) is 15.1 Å². The number of benzene rings is 1. The average molecular weight is 443 g/mol. The SMILES string of the molecule is CN(CCO)/[N+]([O-])=N\Oc1cc(N2CCN(CC(=O)O)CC2)c([N+](=O)[O-])cc1[N+](=O)[O-]. The van der Waals surface area contributed by atoms with Gasteiger partial charge in [0.1, 0.15) is 11.8 Å². The first kappa shape index (κ1) is 23.5. The number of nitrogens with zero attached hydrogens (tertiary/aromatic N) is 7. The van der Waals surface area contributed by atoms with Crippen molar-refractivity contribution in [2.75, 3.05) is 57.8 Å². The molecule has 16 heteroatoms. The van der Waals surface area contributed by atoms with Gasteiger partial charge in [-0.1, -0.05) is 0 Å². The fraction of sp³-hybridized carbons (Fsp3) is 0.533. The summed E-state index contributed by atoms with van der Waals surface area (Å²) in [5.74, 6) is -1.49. The van der Waals surface area contributed by atoms with Gasteiger partial charge in [0.2, 0.25) is 11.0 Å². The summed E-state index contributed by atoms with van der Waals surface area (Å²) in [5, 5.41) is 56.5. The van der Waals surface area contributed by atoms with E-state index in [-0.39, 0.29) is 43.4 Å². The van der Waals surface area contributed by atoms with E-state index < -0.39 is 32.9 Å². The Hall–Kier alpha value is -3.79. The minimum absolute atomic E-state index is 0.0111. The van der Waals surface area contributed by atoms with Crippen LogP contribution in [0.25, 0.3) is 0 Å². The number of carboxylic acids is 1. The molecule has 0 radical (unpaired) electrons. The lowest BCUT2D eigenvalue weighted by atomic mass is 10.2. The molecule has 1 heterocycles. The van der Waals surface area contributed by atoms with Gasteiger partial charge in [-0.25, -0.2) is 0 Å². The number of aliphatic carboxylic acids is 1. The molecule has 1 aliphatic heterocycles. The average Bonchev–Trinajstić information content (AvgIpc) is 2.71. The van der Waals surface area contributed by atoms with Crippen LogP contribution in [0.3, 0.4) is 0 Å². The van der Waals surface area contributed by atoms with Crippen molar-refractivity contribution in [3.63, 3.8) is 0 Å². The Morgan fingerprint density at radius 1 is 1.16 bits per heavy atom. The van der Waals surface area contributed by atoms with E-state index in [1.54, 1.807) is 9.80 Å². The van der Waals surface area contributed by atoms with Gasteiger partial charge in [-0.05, 0) is 0 Å². The maximum atomic E-state index is 11.8. The molecule has 1 fully saturated rings. The highest BCUT2D eigenvalue weighted by molar-refractivity contribution is 5.72. The second-order valence-corrected chi connectivity index (χ2v) is 6.51. The van der Waals surface area contributed by atoms with Crippen LogP contribution in [0.4, 0.5) is 17.1 Å². The molecule has 0 amide bonds. The Labute approximate surface area is 174 Å². The fourth-order valence-corrected chi connectivity index (χ4v) is 2.87. The van der Waals surface area contributed by atoms with E-state index in [0.29, 0.717) is 13.1 Å². The van der Waals surface area contributed by atoms with Crippen LogP contribution in [0.15, 0.2) is 17.4 Å². The van der Waals surface area contributed by atoms with Gasteiger partial charge in [-0.15, -0.1) is 5.01 Å². The normalized spacial score (nSPS) is 14.9. The number of nitro benzene ring substituents is 2. The van der Waals surface area contributed by atoms with Gasteiger partial charge < -0.3 is 20.3 Å². The lowest BCUT2D eigenvalue weighted by Gasteiger charge is -2.34. The molecular formula is C15H21N7O9. The second kappa shape index (κ2) is 10.3. The molecule has 0 saturated carbocycles. The predicted molar refractivity (Wildman–Crippen MR) is 102 cm³/mol. The number of hydrazine groups is 1. The van der Waals surface area contributed by atoms with Crippen molar-refractivity contribution in [1.82, 2.24) is 9.91 Å². The predicted octanol–water partition coefficient (Wildman–Crippen LogP) is -0.195. The fourth-order valence-electron chi connectivity index (χ4n) is 2.87.